The number of aliphatic imine (C=N–C) groups is 1. The summed E-state index contributed by atoms with van der Waals surface area (Å²) in [5, 5.41) is 2.66. The summed E-state index contributed by atoms with van der Waals surface area (Å²) < 4.78 is 27.1. The van der Waals surface area contributed by atoms with E-state index in [4.69, 9.17) is 0 Å². The summed E-state index contributed by atoms with van der Waals surface area (Å²) in [6.45, 7) is 1.08. The molecule has 1 aromatic carbocycles. The lowest BCUT2D eigenvalue weighted by atomic mass is 9.86. The molecule has 112 valence electrons. The smallest absolute Gasteiger partial charge is 0.207 e. The van der Waals surface area contributed by atoms with Crippen LogP contribution in [0.15, 0.2) is 17.1 Å². The van der Waals surface area contributed by atoms with Crippen LogP contribution in [0.2, 0.25) is 0 Å². The number of nitrogens with one attached hydrogen (secondary N) is 1. The third-order valence-corrected chi connectivity index (χ3v) is 4.26. The van der Waals surface area contributed by atoms with Crippen LogP contribution in [0.3, 0.4) is 0 Å². The lowest BCUT2D eigenvalue weighted by molar-refractivity contribution is -0.109. The second-order valence-corrected chi connectivity index (χ2v) is 5.50. The maximum atomic E-state index is 13.8. The zero-order chi connectivity index (χ0) is 14.8. The number of carbonyl (C=O) groups is 1. The molecule has 1 N–H and O–H groups in total. The molecule has 1 aliphatic carbocycles. The molecule has 0 saturated heterocycles. The average molecular weight is 293 g/mol. The SMILES string of the molecule is O=CNCC1C=NCN1[C@H]1CCc2c(F)cc(F)cc2C1. The lowest BCUT2D eigenvalue weighted by Crippen LogP contribution is -2.47. The molecule has 1 amide bonds. The quantitative estimate of drug-likeness (QED) is 0.850. The largest absolute Gasteiger partial charge is 0.357 e. The molecule has 2 atom stereocenters. The third-order valence-electron chi connectivity index (χ3n) is 4.26. The lowest BCUT2D eigenvalue weighted by Gasteiger charge is -2.35. The van der Waals surface area contributed by atoms with Crippen molar-refractivity contribution in [3.05, 3.63) is 34.9 Å². The van der Waals surface area contributed by atoms with Gasteiger partial charge in [0.2, 0.25) is 6.41 Å². The molecule has 4 nitrogen and oxygen atoms in total. The van der Waals surface area contributed by atoms with E-state index in [1.54, 1.807) is 0 Å². The van der Waals surface area contributed by atoms with Gasteiger partial charge in [0, 0.05) is 24.9 Å². The fourth-order valence-corrected chi connectivity index (χ4v) is 3.25. The Balaban J connectivity index is 1.75. The minimum Gasteiger partial charge on any atom is -0.357 e. The molecule has 0 radical (unpaired) electrons. The van der Waals surface area contributed by atoms with E-state index in [1.807, 2.05) is 6.21 Å². The molecular formula is C15H17F2N3O. The topological polar surface area (TPSA) is 44.7 Å². The number of nitrogens with zero attached hydrogens (tertiary/aromatic N) is 2. The summed E-state index contributed by atoms with van der Waals surface area (Å²) in [6, 6.07) is 2.63. The molecule has 6 heteroatoms. The Morgan fingerprint density at radius 2 is 2.29 bits per heavy atom. The average Bonchev–Trinajstić information content (AvgIpc) is 2.92. The first-order valence-corrected chi connectivity index (χ1v) is 7.08. The van der Waals surface area contributed by atoms with Crippen molar-refractivity contribution in [3.8, 4) is 0 Å². The van der Waals surface area contributed by atoms with Gasteiger partial charge in [0.25, 0.3) is 0 Å². The van der Waals surface area contributed by atoms with Gasteiger partial charge in [0.1, 0.15) is 11.6 Å². The van der Waals surface area contributed by atoms with E-state index in [1.165, 1.54) is 6.07 Å². The van der Waals surface area contributed by atoms with Crippen molar-refractivity contribution in [2.75, 3.05) is 13.2 Å². The van der Waals surface area contributed by atoms with Gasteiger partial charge < -0.3 is 5.32 Å². The van der Waals surface area contributed by atoms with E-state index < -0.39 is 11.6 Å². The highest BCUT2D eigenvalue weighted by molar-refractivity contribution is 5.67. The van der Waals surface area contributed by atoms with Gasteiger partial charge in [-0.25, -0.2) is 8.78 Å². The Morgan fingerprint density at radius 1 is 1.43 bits per heavy atom. The summed E-state index contributed by atoms with van der Waals surface area (Å²) in [6.07, 6.45) is 4.54. The molecule has 0 aromatic heterocycles. The summed E-state index contributed by atoms with van der Waals surface area (Å²) in [4.78, 5) is 16.9. The summed E-state index contributed by atoms with van der Waals surface area (Å²) in [5.41, 5.74) is 1.38. The Kier molecular flexibility index (Phi) is 3.96. The number of carbonyl (C=O) groups excluding carboxylic acids is 1. The Labute approximate surface area is 121 Å². The second kappa shape index (κ2) is 5.89. The second-order valence-electron chi connectivity index (χ2n) is 5.50. The molecule has 0 saturated carbocycles. The number of benzene rings is 1. The fourth-order valence-electron chi connectivity index (χ4n) is 3.25. The third kappa shape index (κ3) is 2.81. The minimum atomic E-state index is -0.524. The van der Waals surface area contributed by atoms with Crippen LogP contribution in [0.4, 0.5) is 8.78 Å². The number of hydrogen-bond acceptors (Lipinski definition) is 3. The molecule has 3 rings (SSSR count). The molecule has 1 unspecified atom stereocenters. The zero-order valence-corrected chi connectivity index (χ0v) is 11.6. The van der Waals surface area contributed by atoms with Crippen molar-refractivity contribution in [3.63, 3.8) is 0 Å². The van der Waals surface area contributed by atoms with Crippen molar-refractivity contribution < 1.29 is 13.6 Å². The minimum absolute atomic E-state index is 0.0557. The van der Waals surface area contributed by atoms with E-state index in [9.17, 15) is 13.6 Å². The Bertz CT molecular complexity index is 576. The monoisotopic (exact) mass is 293 g/mol. The van der Waals surface area contributed by atoms with E-state index in [2.05, 4.69) is 15.2 Å². The fraction of sp³-hybridized carbons (Fsp3) is 0.467. The summed E-state index contributed by atoms with van der Waals surface area (Å²) in [5.74, 6) is -0.968. The van der Waals surface area contributed by atoms with Gasteiger partial charge in [-0.2, -0.15) is 0 Å². The van der Waals surface area contributed by atoms with Crippen molar-refractivity contribution in [1.82, 2.24) is 10.2 Å². The molecule has 0 fully saturated rings. The molecular weight excluding hydrogens is 276 g/mol. The summed E-state index contributed by atoms with van der Waals surface area (Å²) in [7, 11) is 0. The molecule has 1 aliphatic heterocycles. The first-order valence-electron chi connectivity index (χ1n) is 7.08. The van der Waals surface area contributed by atoms with Gasteiger partial charge in [-0.1, -0.05) is 0 Å². The molecule has 0 spiro atoms. The first-order chi connectivity index (χ1) is 10.2. The van der Waals surface area contributed by atoms with Gasteiger partial charge in [0.15, 0.2) is 0 Å². The van der Waals surface area contributed by atoms with Gasteiger partial charge in [0.05, 0.1) is 12.7 Å². The van der Waals surface area contributed by atoms with Crippen LogP contribution in [0.1, 0.15) is 17.5 Å². The van der Waals surface area contributed by atoms with Gasteiger partial charge in [-0.05, 0) is 36.5 Å². The van der Waals surface area contributed by atoms with Crippen molar-refractivity contribution in [1.29, 1.82) is 0 Å². The van der Waals surface area contributed by atoms with Crippen molar-refractivity contribution in [2.24, 2.45) is 4.99 Å². The van der Waals surface area contributed by atoms with Crippen LogP contribution in [-0.2, 0) is 17.6 Å². The van der Waals surface area contributed by atoms with Crippen LogP contribution in [0.25, 0.3) is 0 Å². The predicted molar refractivity (Wildman–Crippen MR) is 75.2 cm³/mol. The summed E-state index contributed by atoms with van der Waals surface area (Å²) >= 11 is 0. The van der Waals surface area contributed by atoms with E-state index in [0.717, 1.165) is 18.1 Å². The van der Waals surface area contributed by atoms with Gasteiger partial charge in [-0.3, -0.25) is 14.7 Å². The highest BCUT2D eigenvalue weighted by Crippen LogP contribution is 2.29. The van der Waals surface area contributed by atoms with Crippen LogP contribution in [-0.4, -0.2) is 42.8 Å². The number of fused-ring (bicyclic) bond motifs is 1. The Morgan fingerprint density at radius 3 is 3.10 bits per heavy atom. The maximum Gasteiger partial charge on any atom is 0.207 e. The molecule has 1 aromatic rings. The normalized spacial score (nSPS) is 24.9. The predicted octanol–water partition coefficient (Wildman–Crippen LogP) is 1.28. The zero-order valence-electron chi connectivity index (χ0n) is 11.6. The Hall–Kier alpha value is -1.82. The van der Waals surface area contributed by atoms with Crippen LogP contribution >= 0.6 is 0 Å². The van der Waals surface area contributed by atoms with Crippen LogP contribution < -0.4 is 5.32 Å². The molecule has 0 bridgehead atoms. The van der Waals surface area contributed by atoms with E-state index in [0.29, 0.717) is 38.0 Å². The van der Waals surface area contributed by atoms with E-state index >= 15 is 0 Å². The van der Waals surface area contributed by atoms with Crippen LogP contribution in [0.5, 0.6) is 0 Å². The molecule has 1 heterocycles. The number of halogens is 2. The number of amides is 1. The number of rotatable bonds is 4. The highest BCUT2D eigenvalue weighted by atomic mass is 19.1. The molecule has 21 heavy (non-hydrogen) atoms. The van der Waals surface area contributed by atoms with Crippen molar-refractivity contribution in [2.45, 2.75) is 31.3 Å². The van der Waals surface area contributed by atoms with Gasteiger partial charge >= 0.3 is 0 Å². The number of hydrogen-bond donors (Lipinski definition) is 1. The van der Waals surface area contributed by atoms with Gasteiger partial charge in [-0.15, -0.1) is 0 Å². The first kappa shape index (κ1) is 14.1. The van der Waals surface area contributed by atoms with Crippen molar-refractivity contribution >= 4 is 12.6 Å². The standard InChI is InChI=1S/C15H17F2N3O/c16-11-3-10-4-12(1-2-14(10)15(17)5-11)20-8-18-6-13(20)7-19-9-21/h3,5-6,9,12-13H,1-2,4,7-8H2,(H,19,21)/t12-,13?/m0/s1. The maximum absolute atomic E-state index is 13.8. The highest BCUT2D eigenvalue weighted by Gasteiger charge is 2.31. The van der Waals surface area contributed by atoms with Crippen LogP contribution in [0, 0.1) is 11.6 Å². The molecule has 2 aliphatic rings. The van der Waals surface area contributed by atoms with E-state index in [-0.39, 0.29) is 12.1 Å².